The van der Waals surface area contributed by atoms with Crippen LogP contribution in [0.4, 0.5) is 23.2 Å². The monoisotopic (exact) mass is 919 g/mol. The fraction of sp³-hybridized carbons (Fsp3) is 0.512. The Labute approximate surface area is 368 Å². The fourth-order valence-corrected chi connectivity index (χ4v) is 9.30. The van der Waals surface area contributed by atoms with E-state index >= 15 is 0 Å². The molecule has 3 heterocycles. The summed E-state index contributed by atoms with van der Waals surface area (Å²) in [5.74, 6) is -3.18. The van der Waals surface area contributed by atoms with E-state index in [0.717, 1.165) is 21.6 Å². The topological polar surface area (TPSA) is 172 Å². The zero-order chi connectivity index (χ0) is 46.6. The third-order valence-electron chi connectivity index (χ3n) is 11.6. The number of aryl methyl sites for hydroxylation is 1. The Morgan fingerprint density at radius 3 is 2.33 bits per heavy atom. The van der Waals surface area contributed by atoms with Gasteiger partial charge in [0.05, 0.1) is 30.4 Å². The third-order valence-corrected chi connectivity index (χ3v) is 13.9. The molecule has 0 spiro atoms. The van der Waals surface area contributed by atoms with E-state index in [2.05, 4.69) is 10.6 Å². The molecule has 2 aliphatic rings. The number of likely N-dealkylation sites (tertiary alicyclic amines) is 1. The van der Waals surface area contributed by atoms with Crippen LogP contribution in [0.3, 0.4) is 0 Å². The van der Waals surface area contributed by atoms with Crippen LogP contribution in [-0.4, -0.2) is 96.8 Å². The van der Waals surface area contributed by atoms with Crippen molar-refractivity contribution in [1.82, 2.24) is 29.2 Å². The summed E-state index contributed by atoms with van der Waals surface area (Å²) in [6.45, 7) is 12.6. The Kier molecular flexibility index (Phi) is 13.1. The minimum atomic E-state index is -5.02. The number of carbonyl (C=O) groups is 3. The number of hydrogen-bond acceptors (Lipinski definition) is 11. The highest BCUT2D eigenvalue weighted by molar-refractivity contribution is 7.87. The minimum absolute atomic E-state index is 0.100. The molecule has 1 aliphatic heterocycles. The van der Waals surface area contributed by atoms with Crippen LogP contribution in [0.25, 0.3) is 21.6 Å². The molecule has 3 amide bonds. The summed E-state index contributed by atoms with van der Waals surface area (Å²) >= 11 is 1.42. The second-order valence-corrected chi connectivity index (χ2v) is 20.4. The molecule has 2 aromatic carbocycles. The summed E-state index contributed by atoms with van der Waals surface area (Å²) < 4.78 is 96.3. The Morgan fingerprint density at radius 2 is 1.76 bits per heavy atom. The van der Waals surface area contributed by atoms with Crippen molar-refractivity contribution in [3.8, 4) is 22.2 Å². The molecule has 2 aromatic heterocycles. The predicted molar refractivity (Wildman–Crippen MR) is 231 cm³/mol. The van der Waals surface area contributed by atoms with Gasteiger partial charge in [-0.1, -0.05) is 48.0 Å². The molecule has 63 heavy (non-hydrogen) atoms. The molecule has 1 aliphatic carbocycles. The standard InChI is InChI=1S/C43H53F4N7O7S2/c1-11-24-19-42(24,40(57)52-63(58,59)53(8)9)51-37(55)32-17-26(20-54(32)39(56)36(41(5,6)7)48-25-12-14-29(44)28(16-25)43(45,46)47)61-34-18-30(38-50-31(21-62-38)22(2)3)49-35-23(4)33(60-10)15-13-27(34)35/h12-16,18,21-22,24,26,32,36,48H,11,17,19-20H2,1-10H3,(H,51,55)(H,52,57)/t24-,26-,32+,36-,42-/m1/s1. The van der Waals surface area contributed by atoms with Gasteiger partial charge in [-0.3, -0.25) is 14.4 Å². The van der Waals surface area contributed by atoms with Gasteiger partial charge in [0.1, 0.15) is 51.7 Å². The lowest BCUT2D eigenvalue weighted by Crippen LogP contribution is -2.59. The molecule has 6 rings (SSSR count). The van der Waals surface area contributed by atoms with E-state index in [1.807, 2.05) is 30.9 Å². The lowest BCUT2D eigenvalue weighted by Gasteiger charge is -2.36. The zero-order valence-corrected chi connectivity index (χ0v) is 38.4. The van der Waals surface area contributed by atoms with Crippen LogP contribution in [0.2, 0.25) is 0 Å². The molecule has 0 bridgehead atoms. The number of anilines is 1. The van der Waals surface area contributed by atoms with Crippen LogP contribution in [0, 0.1) is 24.1 Å². The second kappa shape index (κ2) is 17.5. The number of nitrogens with one attached hydrogen (secondary N) is 3. The first-order valence-electron chi connectivity index (χ1n) is 20.4. The molecule has 4 aromatic rings. The number of nitrogens with zero attached hydrogens (tertiary/aromatic N) is 4. The lowest BCUT2D eigenvalue weighted by molar-refractivity contribution is -0.141. The zero-order valence-electron chi connectivity index (χ0n) is 36.7. The van der Waals surface area contributed by atoms with Gasteiger partial charge in [-0.05, 0) is 60.9 Å². The van der Waals surface area contributed by atoms with E-state index in [1.165, 1.54) is 30.3 Å². The molecule has 342 valence electrons. The van der Waals surface area contributed by atoms with Crippen LogP contribution in [0.15, 0.2) is 41.8 Å². The molecular weight excluding hydrogens is 867 g/mol. The quantitative estimate of drug-likeness (QED) is 0.112. The molecule has 20 heteroatoms. The lowest BCUT2D eigenvalue weighted by atomic mass is 9.85. The normalized spacial score (nSPS) is 20.8. The summed E-state index contributed by atoms with van der Waals surface area (Å²) in [5.41, 5.74) is -1.62. The number of fused-ring (bicyclic) bond motifs is 1. The summed E-state index contributed by atoms with van der Waals surface area (Å²) in [5, 5.41) is 8.86. The van der Waals surface area contributed by atoms with Gasteiger partial charge in [0.2, 0.25) is 11.8 Å². The molecule has 0 radical (unpaired) electrons. The maximum atomic E-state index is 14.9. The first-order valence-corrected chi connectivity index (χ1v) is 22.7. The van der Waals surface area contributed by atoms with Crippen LogP contribution < -0.4 is 24.8 Å². The van der Waals surface area contributed by atoms with Crippen molar-refractivity contribution in [3.05, 3.63) is 64.4 Å². The second-order valence-electron chi connectivity index (χ2n) is 17.6. The molecule has 1 saturated carbocycles. The van der Waals surface area contributed by atoms with E-state index in [4.69, 9.17) is 19.4 Å². The van der Waals surface area contributed by atoms with E-state index < -0.39 is 80.5 Å². The van der Waals surface area contributed by atoms with Crippen molar-refractivity contribution < 1.29 is 49.8 Å². The molecule has 0 unspecified atom stereocenters. The van der Waals surface area contributed by atoms with Gasteiger partial charge in [0.25, 0.3) is 5.91 Å². The molecule has 1 saturated heterocycles. The largest absolute Gasteiger partial charge is 0.496 e. The van der Waals surface area contributed by atoms with Crippen molar-refractivity contribution in [2.45, 2.75) is 104 Å². The van der Waals surface area contributed by atoms with Gasteiger partial charge in [0, 0.05) is 48.6 Å². The number of carbonyl (C=O) groups excluding carboxylic acids is 3. The molecule has 5 atom stereocenters. The number of halogens is 4. The summed E-state index contributed by atoms with van der Waals surface area (Å²) in [6, 6.07) is 5.06. The van der Waals surface area contributed by atoms with Crippen molar-refractivity contribution in [1.29, 1.82) is 0 Å². The van der Waals surface area contributed by atoms with Crippen LogP contribution in [0.5, 0.6) is 11.5 Å². The first kappa shape index (κ1) is 47.4. The number of thiazole rings is 1. The third kappa shape index (κ3) is 9.72. The van der Waals surface area contributed by atoms with E-state index in [9.17, 15) is 40.4 Å². The van der Waals surface area contributed by atoms with Gasteiger partial charge in [0.15, 0.2) is 0 Å². The molecule has 2 fully saturated rings. The van der Waals surface area contributed by atoms with Crippen molar-refractivity contribution in [2.24, 2.45) is 11.3 Å². The SMILES string of the molecule is CC[C@@H]1C[C@]1(NC(=O)[C@@H]1C[C@@H](Oc2cc(-c3nc(C(C)C)cs3)nc3c(C)c(OC)ccc23)CN1C(=O)[C@@H](Nc1ccc(F)c(C(F)(F)F)c1)C(C)(C)C)C(=O)NS(=O)(=O)N(C)C. The number of rotatable bonds is 14. The smallest absolute Gasteiger partial charge is 0.419 e. The Balaban J connectivity index is 1.41. The number of benzene rings is 2. The van der Waals surface area contributed by atoms with Crippen LogP contribution >= 0.6 is 11.3 Å². The highest BCUT2D eigenvalue weighted by Crippen LogP contribution is 2.47. The number of methoxy groups -OCH3 is 1. The summed E-state index contributed by atoms with van der Waals surface area (Å²) in [6.07, 6.45) is -5.43. The van der Waals surface area contributed by atoms with Gasteiger partial charge >= 0.3 is 16.4 Å². The number of alkyl halides is 3. The predicted octanol–water partition coefficient (Wildman–Crippen LogP) is 7.04. The highest BCUT2D eigenvalue weighted by Gasteiger charge is 2.62. The highest BCUT2D eigenvalue weighted by atomic mass is 32.2. The van der Waals surface area contributed by atoms with Crippen molar-refractivity contribution >= 4 is 55.9 Å². The summed E-state index contributed by atoms with van der Waals surface area (Å²) in [4.78, 5) is 54.2. The summed E-state index contributed by atoms with van der Waals surface area (Å²) in [7, 11) is -0.203. The average molecular weight is 920 g/mol. The fourth-order valence-electron chi connectivity index (χ4n) is 7.76. The number of pyridine rings is 1. The number of ether oxygens (including phenoxy) is 2. The molecule has 14 nitrogen and oxygen atoms in total. The first-order chi connectivity index (χ1) is 29.3. The maximum Gasteiger partial charge on any atom is 0.419 e. The van der Waals surface area contributed by atoms with E-state index in [0.29, 0.717) is 51.7 Å². The number of amides is 3. The molecular formula is C43H53F4N7O7S2. The Hall–Kier alpha value is -5.08. The van der Waals surface area contributed by atoms with Gasteiger partial charge in [-0.2, -0.15) is 25.9 Å². The van der Waals surface area contributed by atoms with Crippen LogP contribution in [-0.2, 0) is 30.8 Å². The Morgan fingerprint density at radius 1 is 1.06 bits per heavy atom. The van der Waals surface area contributed by atoms with E-state index in [-0.39, 0.29) is 31.0 Å². The molecule has 3 N–H and O–H groups in total. The maximum absolute atomic E-state index is 14.9. The number of hydrogen-bond donors (Lipinski definition) is 3. The van der Waals surface area contributed by atoms with Crippen molar-refractivity contribution in [2.75, 3.05) is 33.1 Å². The van der Waals surface area contributed by atoms with E-state index in [1.54, 1.807) is 53.0 Å². The van der Waals surface area contributed by atoms with Gasteiger partial charge < -0.3 is 25.0 Å². The van der Waals surface area contributed by atoms with Gasteiger partial charge in [-0.25, -0.2) is 19.1 Å². The average Bonchev–Trinajstić information content (AvgIpc) is 3.47. The van der Waals surface area contributed by atoms with Gasteiger partial charge in [-0.15, -0.1) is 11.3 Å². The van der Waals surface area contributed by atoms with Crippen molar-refractivity contribution in [3.63, 3.8) is 0 Å². The van der Waals surface area contributed by atoms with Crippen LogP contribution in [0.1, 0.15) is 83.5 Å². The minimum Gasteiger partial charge on any atom is -0.496 e. The number of aromatic nitrogens is 2. The Bertz CT molecular complexity index is 2530.